The highest BCUT2D eigenvalue weighted by atomic mass is 35.5. The number of benzene rings is 1. The molecule has 4 heterocycles. The van der Waals surface area contributed by atoms with Crippen molar-refractivity contribution in [1.82, 2.24) is 15.1 Å². The summed E-state index contributed by atoms with van der Waals surface area (Å²) >= 11 is 6.15. The predicted molar refractivity (Wildman–Crippen MR) is 166 cm³/mol. The Kier molecular flexibility index (Phi) is 9.29. The monoisotopic (exact) mass is 618 g/mol. The third-order valence-electron chi connectivity index (χ3n) is 10.6. The van der Waals surface area contributed by atoms with Crippen LogP contribution >= 0.6 is 24.0 Å². The standard InChI is InChI=1S/C32H43ClN4O4.ClH/c1-19-8-6-12-24(21(19)3)35-30(39)28-32-14-13-25(41-32)26(29(38)34-23-11-7-10-22(33)18-23)27(32)31(40)37(28)17-16-36-15-5-4-9-20(36)2;/h7,10-11,13-14,18-21,24-28H,4-6,8-9,12,15-17H2,1-3H3,(H,34,38)(H,35,39);1H. The van der Waals surface area contributed by atoms with Crippen LogP contribution in [-0.4, -0.2) is 77.0 Å². The summed E-state index contributed by atoms with van der Waals surface area (Å²) in [6, 6.07) is 6.67. The number of carbonyl (C=O) groups is 3. The van der Waals surface area contributed by atoms with E-state index in [-0.39, 0.29) is 36.2 Å². The topological polar surface area (TPSA) is 91.0 Å². The summed E-state index contributed by atoms with van der Waals surface area (Å²) in [6.07, 6.45) is 9.89. The zero-order chi connectivity index (χ0) is 28.9. The lowest BCUT2D eigenvalue weighted by Crippen LogP contribution is -2.58. The molecule has 9 unspecified atom stereocenters. The van der Waals surface area contributed by atoms with Gasteiger partial charge in [0.05, 0.1) is 17.9 Å². The molecule has 1 aromatic rings. The van der Waals surface area contributed by atoms with Crippen LogP contribution in [0.15, 0.2) is 36.4 Å². The van der Waals surface area contributed by atoms with Crippen LogP contribution < -0.4 is 10.6 Å². The van der Waals surface area contributed by atoms with Crippen LogP contribution in [0, 0.1) is 23.7 Å². The number of anilines is 1. The maximum atomic E-state index is 14.3. The Bertz CT molecular complexity index is 1230. The first-order valence-electron chi connectivity index (χ1n) is 15.5. The Morgan fingerprint density at radius 2 is 1.88 bits per heavy atom. The van der Waals surface area contributed by atoms with Crippen molar-refractivity contribution >= 4 is 47.4 Å². The first-order chi connectivity index (χ1) is 19.7. The molecule has 1 saturated carbocycles. The third-order valence-corrected chi connectivity index (χ3v) is 10.9. The molecule has 4 fully saturated rings. The number of rotatable bonds is 7. The van der Waals surface area contributed by atoms with E-state index in [9.17, 15) is 14.4 Å². The third kappa shape index (κ3) is 5.49. The Labute approximate surface area is 260 Å². The van der Waals surface area contributed by atoms with Crippen molar-refractivity contribution in [3.8, 4) is 0 Å². The minimum absolute atomic E-state index is 0. The molecule has 230 valence electrons. The molecule has 42 heavy (non-hydrogen) atoms. The van der Waals surface area contributed by atoms with Crippen LogP contribution in [-0.2, 0) is 19.1 Å². The van der Waals surface area contributed by atoms with E-state index in [1.807, 2.05) is 12.2 Å². The largest absolute Gasteiger partial charge is 0.359 e. The highest BCUT2D eigenvalue weighted by Gasteiger charge is 2.72. The normalized spacial score (nSPS) is 37.3. The average molecular weight is 620 g/mol. The molecular formula is C32H44Cl2N4O4. The van der Waals surface area contributed by atoms with Crippen LogP contribution in [0.3, 0.4) is 0 Å². The molecule has 3 amide bonds. The molecular weight excluding hydrogens is 575 g/mol. The number of hydrogen-bond donors (Lipinski definition) is 2. The molecule has 9 atom stereocenters. The summed E-state index contributed by atoms with van der Waals surface area (Å²) in [7, 11) is 0. The van der Waals surface area contributed by atoms with Gasteiger partial charge in [-0.15, -0.1) is 12.4 Å². The van der Waals surface area contributed by atoms with Gasteiger partial charge in [-0.3, -0.25) is 19.3 Å². The summed E-state index contributed by atoms with van der Waals surface area (Å²) in [4.78, 5) is 46.3. The second-order valence-corrected chi connectivity index (χ2v) is 13.4. The van der Waals surface area contributed by atoms with Crippen molar-refractivity contribution in [1.29, 1.82) is 0 Å². The molecule has 0 radical (unpaired) electrons. The Balaban J connectivity index is 0.00000353. The summed E-state index contributed by atoms with van der Waals surface area (Å²) in [6.45, 7) is 8.81. The Morgan fingerprint density at radius 1 is 1.07 bits per heavy atom. The van der Waals surface area contributed by atoms with Gasteiger partial charge in [-0.05, 0) is 62.8 Å². The average Bonchev–Trinajstić information content (AvgIpc) is 3.58. The molecule has 3 saturated heterocycles. The highest BCUT2D eigenvalue weighted by Crippen LogP contribution is 2.55. The summed E-state index contributed by atoms with van der Waals surface area (Å²) in [5, 5.41) is 6.81. The van der Waals surface area contributed by atoms with Crippen molar-refractivity contribution in [2.45, 2.75) is 89.1 Å². The van der Waals surface area contributed by atoms with Crippen LogP contribution in [0.2, 0.25) is 5.02 Å². The predicted octanol–water partition coefficient (Wildman–Crippen LogP) is 4.67. The fraction of sp³-hybridized carbons (Fsp3) is 0.656. The molecule has 1 aromatic carbocycles. The van der Waals surface area contributed by atoms with Crippen molar-refractivity contribution in [2.24, 2.45) is 23.7 Å². The van der Waals surface area contributed by atoms with Crippen LogP contribution in [0.25, 0.3) is 0 Å². The lowest BCUT2D eigenvalue weighted by atomic mass is 9.73. The molecule has 5 aliphatic rings. The SMILES string of the molecule is CC1CCCC(NC(=O)C2N(CCN3CCCCC3C)C(=O)C3C(C(=O)Nc4cccc(Cl)c4)C4C=CC32O4)C1C.Cl. The van der Waals surface area contributed by atoms with Gasteiger partial charge in [0.1, 0.15) is 11.6 Å². The van der Waals surface area contributed by atoms with E-state index in [0.717, 1.165) is 32.2 Å². The lowest BCUT2D eigenvalue weighted by molar-refractivity contribution is -0.142. The van der Waals surface area contributed by atoms with E-state index in [1.165, 1.54) is 12.8 Å². The minimum atomic E-state index is -1.15. The van der Waals surface area contributed by atoms with Gasteiger partial charge < -0.3 is 20.3 Å². The van der Waals surface area contributed by atoms with Gasteiger partial charge in [0.25, 0.3) is 0 Å². The van der Waals surface area contributed by atoms with Gasteiger partial charge in [0.15, 0.2) is 0 Å². The Morgan fingerprint density at radius 3 is 2.64 bits per heavy atom. The van der Waals surface area contributed by atoms with Crippen molar-refractivity contribution in [2.75, 3.05) is 25.0 Å². The second-order valence-electron chi connectivity index (χ2n) is 13.0. The fourth-order valence-corrected chi connectivity index (χ4v) is 8.26. The fourth-order valence-electron chi connectivity index (χ4n) is 8.07. The van der Waals surface area contributed by atoms with Crippen molar-refractivity contribution < 1.29 is 19.1 Å². The van der Waals surface area contributed by atoms with Gasteiger partial charge in [-0.1, -0.05) is 62.9 Å². The lowest BCUT2D eigenvalue weighted by Gasteiger charge is -2.39. The van der Waals surface area contributed by atoms with Crippen LogP contribution in [0.1, 0.15) is 59.3 Å². The Hall–Kier alpha value is -2.13. The number of fused-ring (bicyclic) bond motifs is 1. The summed E-state index contributed by atoms with van der Waals surface area (Å²) in [5.41, 5.74) is -0.585. The van der Waals surface area contributed by atoms with Gasteiger partial charge in [-0.25, -0.2) is 0 Å². The van der Waals surface area contributed by atoms with Crippen LogP contribution in [0.4, 0.5) is 5.69 Å². The van der Waals surface area contributed by atoms with E-state index in [2.05, 4.69) is 36.3 Å². The summed E-state index contributed by atoms with van der Waals surface area (Å²) in [5.74, 6) is -1.23. The maximum absolute atomic E-state index is 14.3. The van der Waals surface area contributed by atoms with Gasteiger partial charge in [0.2, 0.25) is 17.7 Å². The van der Waals surface area contributed by atoms with Gasteiger partial charge in [-0.2, -0.15) is 0 Å². The van der Waals surface area contributed by atoms with E-state index in [4.69, 9.17) is 16.3 Å². The molecule has 1 aliphatic carbocycles. The molecule has 10 heteroatoms. The number of amides is 3. The molecule has 2 N–H and O–H groups in total. The zero-order valence-electron chi connectivity index (χ0n) is 24.8. The molecule has 6 rings (SSSR count). The van der Waals surface area contributed by atoms with Crippen molar-refractivity contribution in [3.05, 3.63) is 41.4 Å². The number of nitrogens with zero attached hydrogens (tertiary/aromatic N) is 2. The number of nitrogens with one attached hydrogen (secondary N) is 2. The highest BCUT2D eigenvalue weighted by molar-refractivity contribution is 6.30. The second kappa shape index (κ2) is 12.5. The zero-order valence-corrected chi connectivity index (χ0v) is 26.3. The van der Waals surface area contributed by atoms with Gasteiger partial charge in [0, 0.05) is 35.9 Å². The van der Waals surface area contributed by atoms with Crippen molar-refractivity contribution in [3.63, 3.8) is 0 Å². The molecule has 8 nitrogen and oxygen atoms in total. The molecule has 2 bridgehead atoms. The van der Waals surface area contributed by atoms with E-state index >= 15 is 0 Å². The number of halogens is 2. The minimum Gasteiger partial charge on any atom is -0.359 e. The van der Waals surface area contributed by atoms with E-state index in [1.54, 1.807) is 29.2 Å². The smallest absolute Gasteiger partial charge is 0.246 e. The number of hydrogen-bond acceptors (Lipinski definition) is 5. The number of carbonyl (C=O) groups excluding carboxylic acids is 3. The maximum Gasteiger partial charge on any atom is 0.246 e. The molecule has 1 spiro atoms. The van der Waals surface area contributed by atoms with E-state index in [0.29, 0.717) is 41.7 Å². The molecule has 4 aliphatic heterocycles. The van der Waals surface area contributed by atoms with Crippen LogP contribution in [0.5, 0.6) is 0 Å². The first kappa shape index (κ1) is 31.3. The number of likely N-dealkylation sites (tertiary alicyclic amines) is 2. The van der Waals surface area contributed by atoms with Gasteiger partial charge >= 0.3 is 0 Å². The summed E-state index contributed by atoms with van der Waals surface area (Å²) < 4.78 is 6.53. The van der Waals surface area contributed by atoms with E-state index < -0.39 is 29.6 Å². The number of piperidine rings is 1. The first-order valence-corrected chi connectivity index (χ1v) is 15.9. The quantitative estimate of drug-likeness (QED) is 0.434. The number of ether oxygens (including phenoxy) is 1. The molecule has 0 aromatic heterocycles.